The van der Waals surface area contributed by atoms with E-state index >= 15 is 0 Å². The van der Waals surface area contributed by atoms with E-state index < -0.39 is 0 Å². The van der Waals surface area contributed by atoms with Crippen LogP contribution >= 0.6 is 15.9 Å². The largest absolute Gasteiger partial charge is 0.368 e. The topological polar surface area (TPSA) is 32.5 Å². The maximum absolute atomic E-state index is 5.94. The Hall–Kier alpha value is -0.580. The fourth-order valence-corrected chi connectivity index (χ4v) is 3.92. The third-order valence-electron chi connectivity index (χ3n) is 4.43. The molecule has 2 N–H and O–H groups in total. The van der Waals surface area contributed by atoms with E-state index in [1.165, 1.54) is 41.7 Å². The first kappa shape index (κ1) is 13.4. The SMILES string of the molecule is C[C@H](N)c1ccc(N2CCN3CCCC3C2)c(Br)c1. The monoisotopic (exact) mass is 323 g/mol. The van der Waals surface area contributed by atoms with Crippen LogP contribution in [-0.4, -0.2) is 37.1 Å². The van der Waals surface area contributed by atoms with E-state index in [4.69, 9.17) is 5.73 Å². The van der Waals surface area contributed by atoms with Crippen LogP contribution in [0.3, 0.4) is 0 Å². The van der Waals surface area contributed by atoms with Gasteiger partial charge in [-0.3, -0.25) is 4.90 Å². The van der Waals surface area contributed by atoms with E-state index in [0.717, 1.165) is 19.1 Å². The second-order valence-electron chi connectivity index (χ2n) is 5.78. The van der Waals surface area contributed by atoms with E-state index in [1.54, 1.807) is 0 Å². The lowest BCUT2D eigenvalue weighted by Crippen LogP contribution is -2.50. The van der Waals surface area contributed by atoms with Gasteiger partial charge in [0.05, 0.1) is 5.69 Å². The molecule has 2 aliphatic rings. The van der Waals surface area contributed by atoms with E-state index in [9.17, 15) is 0 Å². The quantitative estimate of drug-likeness (QED) is 0.908. The van der Waals surface area contributed by atoms with Crippen LogP contribution < -0.4 is 10.6 Å². The van der Waals surface area contributed by atoms with Gasteiger partial charge in [-0.2, -0.15) is 0 Å². The first-order valence-corrected chi connectivity index (χ1v) is 7.98. The molecule has 0 amide bonds. The van der Waals surface area contributed by atoms with Gasteiger partial charge in [0.1, 0.15) is 0 Å². The minimum Gasteiger partial charge on any atom is -0.368 e. The minimum atomic E-state index is 0.0945. The first-order valence-electron chi connectivity index (χ1n) is 7.19. The Morgan fingerprint density at radius 2 is 2.16 bits per heavy atom. The summed E-state index contributed by atoms with van der Waals surface area (Å²) >= 11 is 3.71. The van der Waals surface area contributed by atoms with Gasteiger partial charge in [0.2, 0.25) is 0 Å². The van der Waals surface area contributed by atoms with Gasteiger partial charge in [-0.25, -0.2) is 0 Å². The van der Waals surface area contributed by atoms with E-state index in [0.29, 0.717) is 0 Å². The highest BCUT2D eigenvalue weighted by atomic mass is 79.9. The number of rotatable bonds is 2. The lowest BCUT2D eigenvalue weighted by molar-refractivity contribution is 0.231. The second kappa shape index (κ2) is 5.43. The Labute approximate surface area is 123 Å². The van der Waals surface area contributed by atoms with Crippen LogP contribution in [0.1, 0.15) is 31.4 Å². The number of piperazine rings is 1. The molecule has 2 atom stereocenters. The van der Waals surface area contributed by atoms with Gasteiger partial charge in [-0.05, 0) is 59.9 Å². The lowest BCUT2D eigenvalue weighted by atomic mass is 10.1. The standard InChI is InChI=1S/C15H22BrN3/c1-11(17)12-4-5-15(14(16)9-12)19-8-7-18-6-2-3-13(18)10-19/h4-5,9,11,13H,2-3,6-8,10,17H2,1H3/t11-,13?/m0/s1. The number of benzene rings is 1. The van der Waals surface area contributed by atoms with Gasteiger partial charge in [-0.1, -0.05) is 6.07 Å². The Morgan fingerprint density at radius 1 is 1.32 bits per heavy atom. The molecule has 0 radical (unpaired) electrons. The van der Waals surface area contributed by atoms with Gasteiger partial charge >= 0.3 is 0 Å². The van der Waals surface area contributed by atoms with Crippen molar-refractivity contribution in [3.8, 4) is 0 Å². The van der Waals surface area contributed by atoms with Crippen molar-refractivity contribution in [2.45, 2.75) is 31.8 Å². The Morgan fingerprint density at radius 3 is 2.89 bits per heavy atom. The molecule has 0 spiro atoms. The number of fused-ring (bicyclic) bond motifs is 1. The van der Waals surface area contributed by atoms with Crippen molar-refractivity contribution in [2.75, 3.05) is 31.1 Å². The lowest BCUT2D eigenvalue weighted by Gasteiger charge is -2.39. The molecule has 4 heteroatoms. The smallest absolute Gasteiger partial charge is 0.0511 e. The summed E-state index contributed by atoms with van der Waals surface area (Å²) in [4.78, 5) is 5.16. The molecule has 0 bridgehead atoms. The molecule has 0 aromatic heterocycles. The summed E-state index contributed by atoms with van der Waals surface area (Å²) in [5, 5.41) is 0. The van der Waals surface area contributed by atoms with Crippen LogP contribution in [0.25, 0.3) is 0 Å². The van der Waals surface area contributed by atoms with Gasteiger partial charge in [0, 0.05) is 36.2 Å². The molecule has 1 unspecified atom stereocenters. The zero-order chi connectivity index (χ0) is 13.4. The van der Waals surface area contributed by atoms with Crippen LogP contribution in [0.15, 0.2) is 22.7 Å². The highest BCUT2D eigenvalue weighted by Crippen LogP contribution is 2.32. The molecule has 0 saturated carbocycles. The summed E-state index contributed by atoms with van der Waals surface area (Å²) in [6.07, 6.45) is 2.72. The van der Waals surface area contributed by atoms with Crippen molar-refractivity contribution in [3.63, 3.8) is 0 Å². The fraction of sp³-hybridized carbons (Fsp3) is 0.600. The van der Waals surface area contributed by atoms with E-state index in [2.05, 4.69) is 43.9 Å². The summed E-state index contributed by atoms with van der Waals surface area (Å²) in [7, 11) is 0. The summed E-state index contributed by atoms with van der Waals surface area (Å²) in [6.45, 7) is 6.82. The molecule has 104 valence electrons. The summed E-state index contributed by atoms with van der Waals surface area (Å²) < 4.78 is 1.17. The molecule has 0 aliphatic carbocycles. The summed E-state index contributed by atoms with van der Waals surface area (Å²) in [5.41, 5.74) is 8.45. The van der Waals surface area contributed by atoms with Crippen LogP contribution in [0.4, 0.5) is 5.69 Å². The van der Waals surface area contributed by atoms with Crippen molar-refractivity contribution in [1.29, 1.82) is 0 Å². The number of hydrogen-bond acceptors (Lipinski definition) is 3. The number of nitrogens with zero attached hydrogens (tertiary/aromatic N) is 2. The minimum absolute atomic E-state index is 0.0945. The Kier molecular flexibility index (Phi) is 3.83. The van der Waals surface area contributed by atoms with E-state index in [-0.39, 0.29) is 6.04 Å². The summed E-state index contributed by atoms with van der Waals surface area (Å²) in [6, 6.07) is 7.39. The normalized spacial score (nSPS) is 25.4. The van der Waals surface area contributed by atoms with Gasteiger partial charge in [0.15, 0.2) is 0 Å². The maximum atomic E-state index is 5.94. The van der Waals surface area contributed by atoms with Crippen LogP contribution in [0.5, 0.6) is 0 Å². The van der Waals surface area contributed by atoms with Crippen LogP contribution in [0, 0.1) is 0 Å². The third kappa shape index (κ3) is 2.67. The highest BCUT2D eigenvalue weighted by molar-refractivity contribution is 9.10. The Balaban J connectivity index is 1.78. The Bertz CT molecular complexity index is 461. The molecular weight excluding hydrogens is 302 g/mol. The number of nitrogens with two attached hydrogens (primary N) is 1. The van der Waals surface area contributed by atoms with Crippen molar-refractivity contribution in [1.82, 2.24) is 4.90 Å². The average Bonchev–Trinajstić information content (AvgIpc) is 2.85. The highest BCUT2D eigenvalue weighted by Gasteiger charge is 2.31. The van der Waals surface area contributed by atoms with Gasteiger partial charge in [0.25, 0.3) is 0 Å². The van der Waals surface area contributed by atoms with Crippen molar-refractivity contribution < 1.29 is 0 Å². The van der Waals surface area contributed by atoms with E-state index in [1.807, 2.05) is 6.92 Å². The molecule has 1 aromatic rings. The average molecular weight is 324 g/mol. The number of hydrogen-bond donors (Lipinski definition) is 1. The molecule has 2 aliphatic heterocycles. The molecule has 1 aromatic carbocycles. The van der Waals surface area contributed by atoms with Crippen molar-refractivity contribution in [2.24, 2.45) is 5.73 Å². The zero-order valence-electron chi connectivity index (χ0n) is 11.5. The predicted molar refractivity (Wildman–Crippen MR) is 83.6 cm³/mol. The predicted octanol–water partition coefficient (Wildman–Crippen LogP) is 2.75. The van der Waals surface area contributed by atoms with Crippen molar-refractivity contribution in [3.05, 3.63) is 28.2 Å². The molecule has 19 heavy (non-hydrogen) atoms. The molecule has 2 heterocycles. The second-order valence-corrected chi connectivity index (χ2v) is 6.63. The van der Waals surface area contributed by atoms with Gasteiger partial charge in [-0.15, -0.1) is 0 Å². The fourth-order valence-electron chi connectivity index (χ4n) is 3.27. The first-order chi connectivity index (χ1) is 9.15. The van der Waals surface area contributed by atoms with Crippen LogP contribution in [-0.2, 0) is 0 Å². The third-order valence-corrected chi connectivity index (χ3v) is 5.06. The molecular formula is C15H22BrN3. The van der Waals surface area contributed by atoms with Crippen molar-refractivity contribution >= 4 is 21.6 Å². The molecule has 3 rings (SSSR count). The maximum Gasteiger partial charge on any atom is 0.0511 e. The molecule has 3 nitrogen and oxygen atoms in total. The molecule has 2 saturated heterocycles. The zero-order valence-corrected chi connectivity index (χ0v) is 13.1. The summed E-state index contributed by atoms with van der Waals surface area (Å²) in [5.74, 6) is 0. The van der Waals surface area contributed by atoms with Crippen LogP contribution in [0.2, 0.25) is 0 Å². The molecule has 2 fully saturated rings. The van der Waals surface area contributed by atoms with Gasteiger partial charge < -0.3 is 10.6 Å². The number of anilines is 1. The number of halogens is 1.